The Morgan fingerprint density at radius 1 is 0.800 bits per heavy atom. The van der Waals surface area contributed by atoms with E-state index in [0.717, 1.165) is 20.9 Å². The predicted octanol–water partition coefficient (Wildman–Crippen LogP) is 2.53. The molecule has 2 aromatic rings. The number of benzene rings is 2. The van der Waals surface area contributed by atoms with Gasteiger partial charge in [-0.2, -0.15) is 0 Å². The average Bonchev–Trinajstić information content (AvgIpc) is 2.20. The van der Waals surface area contributed by atoms with Crippen LogP contribution in [0.5, 0.6) is 0 Å². The van der Waals surface area contributed by atoms with E-state index in [2.05, 4.69) is 25.3 Å². The first-order valence-corrected chi connectivity index (χ1v) is 5.13. The van der Waals surface area contributed by atoms with Gasteiger partial charge in [-0.25, -0.2) is 0 Å². The summed E-state index contributed by atoms with van der Waals surface area (Å²) in [5.41, 5.74) is 8.94. The standard InChI is InChI=1S/C12H10N.ClH.Pd/c13-12-9-5-4-8-11(12)10-6-2-1-3-7-10;;/h1-6,8-9H,13H2;1H;. The number of hydrogen-bond donors (Lipinski definition) is 1. The molecule has 0 aromatic heterocycles. The zero-order valence-electron chi connectivity index (χ0n) is 7.92. The first-order valence-electron chi connectivity index (χ1n) is 4.35. The maximum absolute atomic E-state index is 5.90. The summed E-state index contributed by atoms with van der Waals surface area (Å²) >= 11 is 3.23. The Morgan fingerprint density at radius 2 is 1.33 bits per heavy atom. The van der Waals surface area contributed by atoms with Crippen LogP contribution in [0.25, 0.3) is 11.1 Å². The van der Waals surface area contributed by atoms with Gasteiger partial charge in [0.05, 0.1) is 0 Å². The average molecular weight is 311 g/mol. The molecule has 0 amide bonds. The Balaban J connectivity index is 0.00000112. The fraction of sp³-hybridized carbons (Fsp3) is 0. The number of nitrogens with two attached hydrogens (primary N) is 1. The van der Waals surface area contributed by atoms with Gasteiger partial charge in [-0.05, 0) is 0 Å². The van der Waals surface area contributed by atoms with E-state index in [1.54, 1.807) is 0 Å². The number of rotatable bonds is 1. The van der Waals surface area contributed by atoms with Gasteiger partial charge in [0.1, 0.15) is 0 Å². The van der Waals surface area contributed by atoms with Crippen LogP contribution in [0.15, 0.2) is 48.5 Å². The number of hydrogen-bond acceptors (Lipinski definition) is 1. The SMILES string of the molecule is Cl.Nc1ccccc1-c1cccc[c]1[Pd]. The van der Waals surface area contributed by atoms with Gasteiger partial charge in [-0.1, -0.05) is 0 Å². The zero-order chi connectivity index (χ0) is 9.97. The monoisotopic (exact) mass is 310 g/mol. The van der Waals surface area contributed by atoms with E-state index in [-0.39, 0.29) is 12.4 Å². The van der Waals surface area contributed by atoms with Crippen molar-refractivity contribution in [2.24, 2.45) is 0 Å². The molecule has 0 aliphatic rings. The molecule has 2 aromatic carbocycles. The first kappa shape index (κ1) is 12.3. The van der Waals surface area contributed by atoms with Crippen molar-refractivity contribution in [2.75, 3.05) is 5.73 Å². The van der Waals surface area contributed by atoms with Gasteiger partial charge in [0.25, 0.3) is 0 Å². The van der Waals surface area contributed by atoms with E-state index in [4.69, 9.17) is 5.73 Å². The van der Waals surface area contributed by atoms with Crippen LogP contribution in [0.2, 0.25) is 0 Å². The van der Waals surface area contributed by atoms with E-state index in [9.17, 15) is 0 Å². The molecule has 81 valence electrons. The molecular weight excluding hydrogens is 300 g/mol. The molecule has 0 aliphatic heterocycles. The van der Waals surface area contributed by atoms with Crippen molar-refractivity contribution in [3.63, 3.8) is 0 Å². The Hall–Kier alpha value is -0.808. The predicted molar refractivity (Wildman–Crippen MR) is 63.2 cm³/mol. The molecule has 0 aliphatic carbocycles. The van der Waals surface area contributed by atoms with E-state index in [1.165, 1.54) is 0 Å². The first-order chi connectivity index (χ1) is 6.79. The number of anilines is 1. The van der Waals surface area contributed by atoms with Crippen molar-refractivity contribution in [1.29, 1.82) is 0 Å². The molecule has 0 fully saturated rings. The summed E-state index contributed by atoms with van der Waals surface area (Å²) in [6, 6.07) is 16.0. The van der Waals surface area contributed by atoms with Gasteiger partial charge in [0, 0.05) is 0 Å². The molecule has 1 nitrogen and oxygen atoms in total. The van der Waals surface area contributed by atoms with Crippen molar-refractivity contribution >= 4 is 22.1 Å². The third-order valence-electron chi connectivity index (χ3n) is 2.10. The molecular formula is C12H11ClNPd. The third kappa shape index (κ3) is 2.60. The van der Waals surface area contributed by atoms with Crippen LogP contribution in [0.1, 0.15) is 0 Å². The van der Waals surface area contributed by atoms with Gasteiger partial charge in [-0.15, -0.1) is 12.4 Å². The molecule has 0 saturated heterocycles. The third-order valence-corrected chi connectivity index (χ3v) is 2.78. The van der Waals surface area contributed by atoms with E-state index in [0.29, 0.717) is 0 Å². The molecule has 0 bridgehead atoms. The molecule has 0 unspecified atom stereocenters. The molecule has 2 N–H and O–H groups in total. The second kappa shape index (κ2) is 5.32. The Labute approximate surface area is 107 Å². The van der Waals surface area contributed by atoms with E-state index in [1.807, 2.05) is 42.5 Å². The van der Waals surface area contributed by atoms with Gasteiger partial charge in [-0.3, -0.25) is 0 Å². The summed E-state index contributed by atoms with van der Waals surface area (Å²) < 4.78 is 1.11. The van der Waals surface area contributed by atoms with Gasteiger partial charge >= 0.3 is 94.3 Å². The van der Waals surface area contributed by atoms with Crippen LogP contribution in [0.4, 0.5) is 5.69 Å². The molecule has 2 rings (SSSR count). The normalized spacial score (nSPS) is 9.47. The summed E-state index contributed by atoms with van der Waals surface area (Å²) in [6.07, 6.45) is 0. The van der Waals surface area contributed by atoms with Crippen molar-refractivity contribution in [3.8, 4) is 11.1 Å². The maximum atomic E-state index is 5.90. The van der Waals surface area contributed by atoms with E-state index < -0.39 is 0 Å². The van der Waals surface area contributed by atoms with Crippen molar-refractivity contribution in [1.82, 2.24) is 0 Å². The summed E-state index contributed by atoms with van der Waals surface area (Å²) in [5.74, 6) is 0. The minimum atomic E-state index is 0. The molecule has 0 heterocycles. The summed E-state index contributed by atoms with van der Waals surface area (Å²) in [6.45, 7) is 0. The summed E-state index contributed by atoms with van der Waals surface area (Å²) in [5, 5.41) is 0. The van der Waals surface area contributed by atoms with Crippen molar-refractivity contribution < 1.29 is 19.2 Å². The van der Waals surface area contributed by atoms with Crippen LogP contribution in [-0.2, 0) is 19.2 Å². The number of nitrogen functional groups attached to an aromatic ring is 1. The van der Waals surface area contributed by atoms with Gasteiger partial charge < -0.3 is 0 Å². The Kier molecular flexibility index (Phi) is 4.35. The molecule has 0 spiro atoms. The Morgan fingerprint density at radius 3 is 1.93 bits per heavy atom. The quantitative estimate of drug-likeness (QED) is 0.636. The van der Waals surface area contributed by atoms with Crippen LogP contribution in [0.3, 0.4) is 0 Å². The van der Waals surface area contributed by atoms with Crippen LogP contribution in [-0.4, -0.2) is 0 Å². The van der Waals surface area contributed by atoms with Crippen LogP contribution >= 0.6 is 12.4 Å². The van der Waals surface area contributed by atoms with Crippen molar-refractivity contribution in [2.45, 2.75) is 0 Å². The molecule has 3 heteroatoms. The molecule has 0 radical (unpaired) electrons. The van der Waals surface area contributed by atoms with Crippen LogP contribution in [0, 0.1) is 0 Å². The zero-order valence-corrected chi connectivity index (χ0v) is 10.3. The fourth-order valence-corrected chi connectivity index (χ4v) is 1.89. The number of para-hydroxylation sites is 1. The fourth-order valence-electron chi connectivity index (χ4n) is 1.40. The summed E-state index contributed by atoms with van der Waals surface area (Å²) in [7, 11) is 0. The van der Waals surface area contributed by atoms with Crippen molar-refractivity contribution in [3.05, 3.63) is 48.5 Å². The summed E-state index contributed by atoms with van der Waals surface area (Å²) in [4.78, 5) is 0. The van der Waals surface area contributed by atoms with Gasteiger partial charge in [0.15, 0.2) is 0 Å². The molecule has 0 atom stereocenters. The topological polar surface area (TPSA) is 26.0 Å². The van der Waals surface area contributed by atoms with Gasteiger partial charge in [0.2, 0.25) is 0 Å². The second-order valence-corrected chi connectivity index (χ2v) is 3.87. The van der Waals surface area contributed by atoms with E-state index >= 15 is 0 Å². The second-order valence-electron chi connectivity index (χ2n) is 3.03. The molecule has 0 saturated carbocycles. The Bertz CT molecular complexity index is 413. The number of halogens is 1. The minimum absolute atomic E-state index is 0. The molecule has 15 heavy (non-hydrogen) atoms. The van der Waals surface area contributed by atoms with Crippen LogP contribution < -0.4 is 9.77 Å².